The predicted octanol–water partition coefficient (Wildman–Crippen LogP) is 4.61. The molecule has 0 radical (unpaired) electrons. The number of nitrogens with zero attached hydrogens (tertiary/aromatic N) is 2. The Morgan fingerprint density at radius 2 is 1.92 bits per heavy atom. The molecule has 0 saturated heterocycles. The molecule has 0 fully saturated rings. The van der Waals surface area contributed by atoms with Crippen molar-refractivity contribution in [3.05, 3.63) is 90.5 Å². The number of rotatable bonds is 9. The monoisotopic (exact) mass is 602 g/mol. The van der Waals surface area contributed by atoms with Gasteiger partial charge in [0.1, 0.15) is 0 Å². The highest BCUT2D eigenvalue weighted by molar-refractivity contribution is 14.1. The third-order valence-corrected chi connectivity index (χ3v) is 5.76. The van der Waals surface area contributed by atoms with E-state index in [0.717, 1.165) is 16.8 Å². The number of non-ortho nitro benzene ring substituents is 1. The predicted molar refractivity (Wildman–Crippen MR) is 144 cm³/mol. The highest BCUT2D eigenvalue weighted by Crippen LogP contribution is 2.33. The second kappa shape index (κ2) is 12.1. The molecule has 2 amide bonds. The van der Waals surface area contributed by atoms with E-state index in [1.165, 1.54) is 37.6 Å². The number of anilines is 1. The molecule has 0 aliphatic carbocycles. The summed E-state index contributed by atoms with van der Waals surface area (Å²) < 4.78 is 11.8. The van der Waals surface area contributed by atoms with Crippen molar-refractivity contribution in [2.45, 2.75) is 13.8 Å². The van der Waals surface area contributed by atoms with E-state index >= 15 is 0 Å². The largest absolute Gasteiger partial charge is 0.493 e. The number of ether oxygens (including phenoxy) is 2. The van der Waals surface area contributed by atoms with Gasteiger partial charge in [-0.1, -0.05) is 23.8 Å². The molecular formula is C25H23IN4O6. The fourth-order valence-electron chi connectivity index (χ4n) is 3.22. The SMILES string of the molecule is COc1cc(/C=N/NC(=O)c2cccc([N+](=O)[O-])c2)cc(I)c1OCC(=O)Nc1ccc(C)cc1C. The van der Waals surface area contributed by atoms with Crippen LogP contribution < -0.4 is 20.2 Å². The highest BCUT2D eigenvalue weighted by atomic mass is 127. The van der Waals surface area contributed by atoms with Gasteiger partial charge >= 0.3 is 0 Å². The number of nitro groups is 1. The minimum absolute atomic E-state index is 0.108. The van der Waals surface area contributed by atoms with E-state index in [-0.39, 0.29) is 23.8 Å². The summed E-state index contributed by atoms with van der Waals surface area (Å²) in [6, 6.07) is 14.5. The van der Waals surface area contributed by atoms with Gasteiger partial charge in [-0.05, 0) is 71.8 Å². The van der Waals surface area contributed by atoms with Crippen LogP contribution in [0.25, 0.3) is 0 Å². The quantitative estimate of drug-likeness (QED) is 0.159. The average molecular weight is 602 g/mol. The molecule has 3 rings (SSSR count). The van der Waals surface area contributed by atoms with Crippen LogP contribution in [0.2, 0.25) is 0 Å². The molecule has 11 heteroatoms. The minimum Gasteiger partial charge on any atom is -0.493 e. The van der Waals surface area contributed by atoms with Gasteiger partial charge in [0.15, 0.2) is 18.1 Å². The Kier molecular flexibility index (Phi) is 8.95. The van der Waals surface area contributed by atoms with Crippen molar-refractivity contribution in [3.8, 4) is 11.5 Å². The summed E-state index contributed by atoms with van der Waals surface area (Å²) in [5, 5.41) is 17.6. The van der Waals surface area contributed by atoms with Crippen molar-refractivity contribution in [3.63, 3.8) is 0 Å². The zero-order valence-corrected chi connectivity index (χ0v) is 21.9. The summed E-state index contributed by atoms with van der Waals surface area (Å²) in [6.07, 6.45) is 1.40. The maximum Gasteiger partial charge on any atom is 0.271 e. The summed E-state index contributed by atoms with van der Waals surface area (Å²) >= 11 is 2.05. The van der Waals surface area contributed by atoms with Gasteiger partial charge in [-0.25, -0.2) is 5.43 Å². The molecule has 36 heavy (non-hydrogen) atoms. The van der Waals surface area contributed by atoms with Gasteiger partial charge in [-0.15, -0.1) is 0 Å². The smallest absolute Gasteiger partial charge is 0.271 e. The molecule has 0 heterocycles. The Balaban J connectivity index is 1.64. The lowest BCUT2D eigenvalue weighted by molar-refractivity contribution is -0.384. The zero-order chi connectivity index (χ0) is 26.2. The third kappa shape index (κ3) is 7.01. The third-order valence-electron chi connectivity index (χ3n) is 4.95. The molecule has 0 saturated carbocycles. The first-order valence-corrected chi connectivity index (χ1v) is 11.7. The number of methoxy groups -OCH3 is 1. The van der Waals surface area contributed by atoms with E-state index in [2.05, 4.69) is 15.8 Å². The molecule has 3 aromatic rings. The lowest BCUT2D eigenvalue weighted by Gasteiger charge is -2.14. The summed E-state index contributed by atoms with van der Waals surface area (Å²) in [5.74, 6) is -0.125. The first-order chi connectivity index (χ1) is 17.2. The number of hydrazone groups is 1. The van der Waals surface area contributed by atoms with E-state index in [1.54, 1.807) is 12.1 Å². The van der Waals surface area contributed by atoms with E-state index in [1.807, 2.05) is 54.6 Å². The molecule has 0 bridgehead atoms. The average Bonchev–Trinajstić information content (AvgIpc) is 2.84. The number of amides is 2. The van der Waals surface area contributed by atoms with Crippen molar-refractivity contribution in [2.75, 3.05) is 19.0 Å². The van der Waals surface area contributed by atoms with E-state index < -0.39 is 10.8 Å². The maximum atomic E-state index is 12.4. The molecule has 0 atom stereocenters. The van der Waals surface area contributed by atoms with Gasteiger partial charge in [-0.2, -0.15) is 5.10 Å². The number of halogens is 1. The van der Waals surface area contributed by atoms with Crippen molar-refractivity contribution in [2.24, 2.45) is 5.10 Å². The Morgan fingerprint density at radius 3 is 2.61 bits per heavy atom. The van der Waals surface area contributed by atoms with Gasteiger partial charge in [0.25, 0.3) is 17.5 Å². The molecule has 0 spiro atoms. The number of aryl methyl sites for hydroxylation is 2. The van der Waals surface area contributed by atoms with Crippen LogP contribution >= 0.6 is 22.6 Å². The normalized spacial score (nSPS) is 10.7. The first kappa shape index (κ1) is 26.6. The molecule has 0 unspecified atom stereocenters. The first-order valence-electron chi connectivity index (χ1n) is 10.6. The summed E-state index contributed by atoms with van der Waals surface area (Å²) in [4.78, 5) is 34.9. The minimum atomic E-state index is -0.591. The molecule has 0 aliphatic rings. The molecular weight excluding hydrogens is 579 g/mol. The molecule has 0 aromatic heterocycles. The van der Waals surface area contributed by atoms with Crippen LogP contribution in [0.5, 0.6) is 11.5 Å². The Labute approximate surface area is 221 Å². The van der Waals surface area contributed by atoms with Gasteiger partial charge in [0.2, 0.25) is 0 Å². The van der Waals surface area contributed by atoms with Crippen LogP contribution in [0.1, 0.15) is 27.0 Å². The molecule has 10 nitrogen and oxygen atoms in total. The lowest BCUT2D eigenvalue weighted by atomic mass is 10.1. The van der Waals surface area contributed by atoms with Gasteiger partial charge in [0.05, 0.1) is 21.8 Å². The number of carbonyl (C=O) groups excluding carboxylic acids is 2. The molecule has 0 aliphatic heterocycles. The highest BCUT2D eigenvalue weighted by Gasteiger charge is 2.14. The topological polar surface area (TPSA) is 132 Å². The fraction of sp³-hybridized carbons (Fsp3) is 0.160. The summed E-state index contributed by atoms with van der Waals surface area (Å²) in [7, 11) is 1.47. The van der Waals surface area contributed by atoms with Crippen LogP contribution in [-0.4, -0.2) is 36.7 Å². The Hall–Kier alpha value is -4.00. The second-order valence-corrected chi connectivity index (χ2v) is 8.86. The molecule has 186 valence electrons. The van der Waals surface area contributed by atoms with Crippen LogP contribution in [-0.2, 0) is 4.79 Å². The number of nitro benzene ring substituents is 1. The Bertz CT molecular complexity index is 1340. The van der Waals surface area contributed by atoms with Crippen LogP contribution in [0, 0.1) is 27.5 Å². The summed E-state index contributed by atoms with van der Waals surface area (Å²) in [6.45, 7) is 3.68. The van der Waals surface area contributed by atoms with E-state index in [4.69, 9.17) is 9.47 Å². The molecule has 2 N–H and O–H groups in total. The zero-order valence-electron chi connectivity index (χ0n) is 19.7. The number of benzene rings is 3. The van der Waals surface area contributed by atoms with Gasteiger partial charge < -0.3 is 14.8 Å². The van der Waals surface area contributed by atoms with Crippen molar-refractivity contribution in [1.82, 2.24) is 5.43 Å². The molecule has 3 aromatic carbocycles. The van der Waals surface area contributed by atoms with Gasteiger partial charge in [-0.3, -0.25) is 19.7 Å². The van der Waals surface area contributed by atoms with Crippen molar-refractivity contribution >= 4 is 52.0 Å². The number of hydrogen-bond donors (Lipinski definition) is 2. The standard InChI is InChI=1S/C25H23IN4O6/c1-15-7-8-21(16(2)9-15)28-23(31)14-36-24-20(26)10-17(11-22(24)35-3)13-27-29-25(32)18-5-4-6-19(12-18)30(33)34/h4-13H,14H2,1-3H3,(H,28,31)(H,29,32)/b27-13+. The Morgan fingerprint density at radius 1 is 1.14 bits per heavy atom. The second-order valence-electron chi connectivity index (χ2n) is 7.70. The van der Waals surface area contributed by atoms with Gasteiger partial charge in [0, 0.05) is 23.4 Å². The van der Waals surface area contributed by atoms with Crippen LogP contribution in [0.15, 0.2) is 59.7 Å². The van der Waals surface area contributed by atoms with Crippen LogP contribution in [0.3, 0.4) is 0 Å². The summed E-state index contributed by atoms with van der Waals surface area (Å²) in [5.41, 5.74) is 5.63. The van der Waals surface area contributed by atoms with Crippen molar-refractivity contribution in [1.29, 1.82) is 0 Å². The maximum absolute atomic E-state index is 12.4. The van der Waals surface area contributed by atoms with Crippen molar-refractivity contribution < 1.29 is 24.0 Å². The number of hydrogen-bond acceptors (Lipinski definition) is 7. The fourth-order valence-corrected chi connectivity index (χ4v) is 4.00. The van der Waals surface area contributed by atoms with E-state index in [0.29, 0.717) is 20.6 Å². The van der Waals surface area contributed by atoms with E-state index in [9.17, 15) is 19.7 Å². The van der Waals surface area contributed by atoms with Crippen LogP contribution in [0.4, 0.5) is 11.4 Å². The lowest BCUT2D eigenvalue weighted by Crippen LogP contribution is -2.21. The number of nitrogens with one attached hydrogen (secondary N) is 2. The number of carbonyl (C=O) groups is 2.